The van der Waals surface area contributed by atoms with Crippen molar-refractivity contribution in [2.24, 2.45) is 0 Å². The molecular weight excluding hydrogens is 366 g/mol. The van der Waals surface area contributed by atoms with E-state index in [1.165, 1.54) is 6.42 Å². The minimum absolute atomic E-state index is 0.0126. The van der Waals surface area contributed by atoms with E-state index in [4.69, 9.17) is 9.47 Å². The number of carbonyl (C=O) groups excluding carboxylic acids is 2. The lowest BCUT2D eigenvalue weighted by molar-refractivity contribution is -0.158. The number of aryl methyl sites for hydroxylation is 2. The van der Waals surface area contributed by atoms with E-state index in [0.717, 1.165) is 42.5 Å². The molecule has 0 aromatic heterocycles. The smallest absolute Gasteiger partial charge is 0.347 e. The molecule has 1 aliphatic rings. The van der Waals surface area contributed by atoms with E-state index >= 15 is 0 Å². The molecule has 0 aliphatic heterocycles. The summed E-state index contributed by atoms with van der Waals surface area (Å²) in [5.74, 6) is 0.00276. The molecule has 0 spiro atoms. The Balaban J connectivity index is 1.54. The molecule has 0 radical (unpaired) electrons. The molecule has 154 valence electrons. The summed E-state index contributed by atoms with van der Waals surface area (Å²) >= 11 is 0. The van der Waals surface area contributed by atoms with Crippen molar-refractivity contribution in [3.05, 3.63) is 59.2 Å². The molecule has 2 aromatic rings. The van der Waals surface area contributed by atoms with E-state index in [-0.39, 0.29) is 18.0 Å². The Kier molecular flexibility index (Phi) is 6.91. The van der Waals surface area contributed by atoms with Gasteiger partial charge in [0, 0.05) is 11.3 Å². The van der Waals surface area contributed by atoms with Gasteiger partial charge in [-0.25, -0.2) is 4.79 Å². The van der Waals surface area contributed by atoms with Crippen LogP contribution in [0.2, 0.25) is 0 Å². The van der Waals surface area contributed by atoms with Crippen LogP contribution in [0.25, 0.3) is 0 Å². The van der Waals surface area contributed by atoms with Gasteiger partial charge < -0.3 is 14.8 Å². The Bertz CT molecular complexity index is 854. The fourth-order valence-corrected chi connectivity index (χ4v) is 3.53. The summed E-state index contributed by atoms with van der Waals surface area (Å²) in [6.07, 6.45) is 4.62. The van der Waals surface area contributed by atoms with Gasteiger partial charge in [-0.15, -0.1) is 0 Å². The van der Waals surface area contributed by atoms with Crippen LogP contribution in [0.1, 0.15) is 60.5 Å². The largest absolute Gasteiger partial charge is 0.479 e. The Morgan fingerprint density at radius 1 is 1.00 bits per heavy atom. The standard InChI is InChI=1S/C24H29NO4/c1-16-9-14-22(17(2)15-16)25-23(26)19-10-12-21(13-11-19)28-18(3)24(27)29-20-7-5-4-6-8-20/h9-15,18,20H,4-8H2,1-3H3,(H,25,26). The van der Waals surface area contributed by atoms with Crippen LogP contribution in [0.5, 0.6) is 5.75 Å². The van der Waals surface area contributed by atoms with Crippen molar-refractivity contribution in [1.29, 1.82) is 0 Å². The fraction of sp³-hybridized carbons (Fsp3) is 0.417. The first-order valence-electron chi connectivity index (χ1n) is 10.3. The number of hydrogen-bond acceptors (Lipinski definition) is 4. The first-order valence-corrected chi connectivity index (χ1v) is 10.3. The van der Waals surface area contributed by atoms with Crippen LogP contribution in [0.4, 0.5) is 5.69 Å². The van der Waals surface area contributed by atoms with Gasteiger partial charge in [-0.1, -0.05) is 24.1 Å². The van der Waals surface area contributed by atoms with Crippen LogP contribution in [0.15, 0.2) is 42.5 Å². The predicted molar refractivity (Wildman–Crippen MR) is 113 cm³/mol. The fourth-order valence-electron chi connectivity index (χ4n) is 3.53. The molecule has 29 heavy (non-hydrogen) atoms. The van der Waals surface area contributed by atoms with Gasteiger partial charge >= 0.3 is 5.97 Å². The van der Waals surface area contributed by atoms with Crippen molar-refractivity contribution in [1.82, 2.24) is 0 Å². The van der Waals surface area contributed by atoms with E-state index in [0.29, 0.717) is 11.3 Å². The van der Waals surface area contributed by atoms with E-state index in [1.807, 2.05) is 32.0 Å². The SMILES string of the molecule is Cc1ccc(NC(=O)c2ccc(OC(C)C(=O)OC3CCCCC3)cc2)c(C)c1. The van der Waals surface area contributed by atoms with Gasteiger partial charge in [0.25, 0.3) is 5.91 Å². The van der Waals surface area contributed by atoms with Crippen LogP contribution >= 0.6 is 0 Å². The second kappa shape index (κ2) is 9.59. The van der Waals surface area contributed by atoms with E-state index in [2.05, 4.69) is 5.32 Å². The monoisotopic (exact) mass is 395 g/mol. The average molecular weight is 395 g/mol. The van der Waals surface area contributed by atoms with E-state index < -0.39 is 6.10 Å². The van der Waals surface area contributed by atoms with Crippen molar-refractivity contribution >= 4 is 17.6 Å². The van der Waals surface area contributed by atoms with E-state index in [9.17, 15) is 9.59 Å². The summed E-state index contributed by atoms with van der Waals surface area (Å²) in [5, 5.41) is 2.92. The molecular formula is C24H29NO4. The number of ether oxygens (including phenoxy) is 2. The average Bonchev–Trinajstić information content (AvgIpc) is 2.71. The normalized spacial score (nSPS) is 15.4. The zero-order valence-corrected chi connectivity index (χ0v) is 17.4. The third kappa shape index (κ3) is 5.83. The lowest BCUT2D eigenvalue weighted by atomic mass is 9.98. The van der Waals surface area contributed by atoms with Crippen LogP contribution in [0.3, 0.4) is 0 Å². The van der Waals surface area contributed by atoms with Crippen molar-refractivity contribution < 1.29 is 19.1 Å². The molecule has 1 amide bonds. The summed E-state index contributed by atoms with van der Waals surface area (Å²) < 4.78 is 11.2. The maximum absolute atomic E-state index is 12.5. The van der Waals surface area contributed by atoms with Crippen molar-refractivity contribution in [3.8, 4) is 5.75 Å². The topological polar surface area (TPSA) is 64.6 Å². The lowest BCUT2D eigenvalue weighted by Gasteiger charge is -2.23. The van der Waals surface area contributed by atoms with Crippen LogP contribution in [0, 0.1) is 13.8 Å². The maximum Gasteiger partial charge on any atom is 0.347 e. The molecule has 3 rings (SSSR count). The van der Waals surface area contributed by atoms with Crippen molar-refractivity contribution in [3.63, 3.8) is 0 Å². The minimum Gasteiger partial charge on any atom is -0.479 e. The van der Waals surface area contributed by atoms with Crippen LogP contribution in [-0.2, 0) is 9.53 Å². The maximum atomic E-state index is 12.5. The highest BCUT2D eigenvalue weighted by Gasteiger charge is 2.23. The molecule has 1 unspecified atom stereocenters. The number of anilines is 1. The van der Waals surface area contributed by atoms with Gasteiger partial charge in [0.1, 0.15) is 11.9 Å². The molecule has 5 heteroatoms. The number of carbonyl (C=O) groups is 2. The van der Waals surface area contributed by atoms with Crippen LogP contribution < -0.4 is 10.1 Å². The summed E-state index contributed by atoms with van der Waals surface area (Å²) in [5.41, 5.74) is 3.48. The van der Waals surface area contributed by atoms with Crippen molar-refractivity contribution in [2.45, 2.75) is 65.1 Å². The number of rotatable bonds is 6. The number of benzene rings is 2. The first kappa shape index (κ1) is 20.9. The van der Waals surface area contributed by atoms with Crippen LogP contribution in [-0.4, -0.2) is 24.1 Å². The molecule has 1 fully saturated rings. The second-order valence-corrected chi connectivity index (χ2v) is 7.75. The van der Waals surface area contributed by atoms with Crippen molar-refractivity contribution in [2.75, 3.05) is 5.32 Å². The zero-order chi connectivity index (χ0) is 20.8. The van der Waals surface area contributed by atoms with Gasteiger partial charge in [-0.3, -0.25) is 4.79 Å². The second-order valence-electron chi connectivity index (χ2n) is 7.75. The number of hydrogen-bond donors (Lipinski definition) is 1. The third-order valence-corrected chi connectivity index (χ3v) is 5.23. The molecule has 1 saturated carbocycles. The predicted octanol–water partition coefficient (Wildman–Crippen LogP) is 5.20. The van der Waals surface area contributed by atoms with Gasteiger partial charge in [0.2, 0.25) is 0 Å². The Morgan fingerprint density at radius 3 is 2.34 bits per heavy atom. The highest BCUT2D eigenvalue weighted by molar-refractivity contribution is 6.04. The van der Waals surface area contributed by atoms with Gasteiger partial charge in [0.05, 0.1) is 0 Å². The molecule has 2 aromatic carbocycles. The lowest BCUT2D eigenvalue weighted by Crippen LogP contribution is -2.31. The number of nitrogens with one attached hydrogen (secondary N) is 1. The highest BCUT2D eigenvalue weighted by Crippen LogP contribution is 2.22. The first-order chi connectivity index (χ1) is 13.9. The molecule has 1 aliphatic carbocycles. The number of amides is 1. The van der Waals surface area contributed by atoms with Gasteiger partial charge in [-0.05, 0) is 82.3 Å². The Hall–Kier alpha value is -2.82. The molecule has 0 heterocycles. The molecule has 1 atom stereocenters. The molecule has 0 saturated heterocycles. The van der Waals surface area contributed by atoms with Gasteiger partial charge in [0.15, 0.2) is 6.10 Å². The van der Waals surface area contributed by atoms with E-state index in [1.54, 1.807) is 31.2 Å². The van der Waals surface area contributed by atoms with Gasteiger partial charge in [-0.2, -0.15) is 0 Å². The Labute approximate surface area is 172 Å². The third-order valence-electron chi connectivity index (χ3n) is 5.23. The molecule has 5 nitrogen and oxygen atoms in total. The zero-order valence-electron chi connectivity index (χ0n) is 17.4. The summed E-state index contributed by atoms with van der Waals surface area (Å²) in [7, 11) is 0. The summed E-state index contributed by atoms with van der Waals surface area (Å²) in [4.78, 5) is 24.7. The number of esters is 1. The molecule has 1 N–H and O–H groups in total. The summed E-state index contributed by atoms with van der Waals surface area (Å²) in [6.45, 7) is 5.67. The highest BCUT2D eigenvalue weighted by atomic mass is 16.6. The minimum atomic E-state index is -0.688. The Morgan fingerprint density at radius 2 is 1.69 bits per heavy atom. The summed E-state index contributed by atoms with van der Waals surface area (Å²) in [6, 6.07) is 12.7. The molecule has 0 bridgehead atoms. The quantitative estimate of drug-likeness (QED) is 0.683.